The zero-order chi connectivity index (χ0) is 38.9. The van der Waals surface area contributed by atoms with Crippen LogP contribution < -0.4 is 5.32 Å². The van der Waals surface area contributed by atoms with E-state index in [9.17, 15) is 24.2 Å². The van der Waals surface area contributed by atoms with Crippen LogP contribution in [-0.4, -0.2) is 54.3 Å². The highest BCUT2D eigenvalue weighted by atomic mass is 31.2. The van der Waals surface area contributed by atoms with Crippen molar-refractivity contribution in [2.45, 2.75) is 200 Å². The molecule has 2 atom stereocenters. The third-order valence-corrected chi connectivity index (χ3v) is 10.0. The van der Waals surface area contributed by atoms with E-state index < -0.39 is 26.5 Å². The van der Waals surface area contributed by atoms with Crippen molar-refractivity contribution in [2.75, 3.05) is 26.4 Å². The largest absolute Gasteiger partial charge is 0.472 e. The molecule has 310 valence electrons. The van der Waals surface area contributed by atoms with Crippen molar-refractivity contribution in [3.8, 4) is 0 Å². The van der Waals surface area contributed by atoms with Gasteiger partial charge in [0.25, 0.3) is 0 Å². The summed E-state index contributed by atoms with van der Waals surface area (Å²) in [6.07, 6.45) is 43.5. The molecular formula is C43H80NO8P. The third-order valence-electron chi connectivity index (χ3n) is 9.04. The normalized spacial score (nSPS) is 13.7. The Kier molecular flexibility index (Phi) is 38.6. The molecule has 3 N–H and O–H groups in total. The van der Waals surface area contributed by atoms with Crippen LogP contribution in [0.25, 0.3) is 0 Å². The van der Waals surface area contributed by atoms with Crippen LogP contribution in [0.1, 0.15) is 194 Å². The molecule has 1 amide bonds. The summed E-state index contributed by atoms with van der Waals surface area (Å²) in [6.45, 7) is 3.50. The Morgan fingerprint density at radius 2 is 1.02 bits per heavy atom. The Balaban J connectivity index is 3.61. The van der Waals surface area contributed by atoms with Crippen molar-refractivity contribution < 1.29 is 37.9 Å². The number of amides is 1. The summed E-state index contributed by atoms with van der Waals surface area (Å²) in [4.78, 5) is 33.9. The van der Waals surface area contributed by atoms with Gasteiger partial charge in [0.15, 0.2) is 0 Å². The van der Waals surface area contributed by atoms with Crippen LogP contribution in [0.2, 0.25) is 0 Å². The van der Waals surface area contributed by atoms with Gasteiger partial charge < -0.3 is 20.1 Å². The van der Waals surface area contributed by atoms with Crippen LogP contribution in [-0.2, 0) is 27.9 Å². The fraction of sp³-hybridized carbons (Fsp3) is 0.814. The summed E-state index contributed by atoms with van der Waals surface area (Å²) in [6, 6.07) is 0. The molecule has 0 rings (SSSR count). The quantitative estimate of drug-likeness (QED) is 0.0243. The number of hydrogen-bond acceptors (Lipinski definition) is 7. The number of esters is 1. The molecule has 0 radical (unpaired) electrons. The number of rotatable bonds is 40. The van der Waals surface area contributed by atoms with Gasteiger partial charge in [-0.25, -0.2) is 4.57 Å². The Bertz CT molecular complexity index is 970. The van der Waals surface area contributed by atoms with E-state index in [4.69, 9.17) is 13.8 Å². The lowest BCUT2D eigenvalue weighted by Crippen LogP contribution is -2.27. The molecule has 0 aromatic heterocycles. The molecule has 10 heteroatoms. The summed E-state index contributed by atoms with van der Waals surface area (Å²) in [5, 5.41) is 12.7. The lowest BCUT2D eigenvalue weighted by Gasteiger charge is -2.15. The first-order valence-corrected chi connectivity index (χ1v) is 23.0. The summed E-state index contributed by atoms with van der Waals surface area (Å²) >= 11 is 0. The molecule has 9 nitrogen and oxygen atoms in total. The second-order valence-electron chi connectivity index (χ2n) is 14.3. The predicted octanol–water partition coefficient (Wildman–Crippen LogP) is 11.8. The number of unbranched alkanes of at least 4 members (excludes halogenated alkanes) is 21. The van der Waals surface area contributed by atoms with Gasteiger partial charge in [-0.05, 0) is 70.6 Å². The number of aliphatic hydroxyl groups excluding tert-OH is 1. The van der Waals surface area contributed by atoms with E-state index in [0.29, 0.717) is 6.42 Å². The number of hydrogen-bond donors (Lipinski definition) is 3. The highest BCUT2D eigenvalue weighted by Crippen LogP contribution is 2.42. The van der Waals surface area contributed by atoms with Crippen LogP contribution in [0.15, 0.2) is 36.5 Å². The van der Waals surface area contributed by atoms with Crippen molar-refractivity contribution in [3.05, 3.63) is 36.5 Å². The maximum atomic E-state index is 12.1. The van der Waals surface area contributed by atoms with Gasteiger partial charge >= 0.3 is 13.8 Å². The number of ether oxygens (including phenoxy) is 1. The van der Waals surface area contributed by atoms with Crippen molar-refractivity contribution in [3.63, 3.8) is 0 Å². The Morgan fingerprint density at radius 3 is 1.57 bits per heavy atom. The van der Waals surface area contributed by atoms with E-state index in [2.05, 4.69) is 55.6 Å². The fourth-order valence-electron chi connectivity index (χ4n) is 5.76. The van der Waals surface area contributed by atoms with Gasteiger partial charge in [-0.1, -0.05) is 147 Å². The highest BCUT2D eigenvalue weighted by Gasteiger charge is 2.23. The van der Waals surface area contributed by atoms with Crippen LogP contribution >= 0.6 is 7.82 Å². The smallest absolute Gasteiger partial charge is 0.463 e. The molecule has 0 fully saturated rings. The number of carbonyl (C=O) groups is 2. The fourth-order valence-corrected chi connectivity index (χ4v) is 6.51. The Hall–Kier alpha value is -1.77. The predicted molar refractivity (Wildman–Crippen MR) is 220 cm³/mol. The first kappa shape index (κ1) is 51.2. The minimum absolute atomic E-state index is 0.0770. The molecule has 0 aromatic rings. The second kappa shape index (κ2) is 39.9. The summed E-state index contributed by atoms with van der Waals surface area (Å²) < 4.78 is 26.8. The van der Waals surface area contributed by atoms with Gasteiger partial charge in [0.1, 0.15) is 12.7 Å². The number of aliphatic hydroxyl groups is 1. The molecule has 0 saturated carbocycles. The summed E-state index contributed by atoms with van der Waals surface area (Å²) in [5.74, 6) is -0.529. The van der Waals surface area contributed by atoms with Gasteiger partial charge in [0.2, 0.25) is 5.91 Å². The van der Waals surface area contributed by atoms with Crippen LogP contribution in [0, 0.1) is 0 Å². The lowest BCUT2D eigenvalue weighted by atomic mass is 10.1. The van der Waals surface area contributed by atoms with E-state index >= 15 is 0 Å². The average Bonchev–Trinajstić information content (AvgIpc) is 3.14. The van der Waals surface area contributed by atoms with Crippen molar-refractivity contribution in [1.82, 2.24) is 5.32 Å². The number of phosphoric ester groups is 1. The molecule has 2 unspecified atom stereocenters. The number of carbonyl (C=O) groups excluding carboxylic acids is 2. The summed E-state index contributed by atoms with van der Waals surface area (Å²) in [5.41, 5.74) is 0. The maximum Gasteiger partial charge on any atom is 0.472 e. The zero-order valence-electron chi connectivity index (χ0n) is 34.0. The van der Waals surface area contributed by atoms with Crippen molar-refractivity contribution in [2.24, 2.45) is 0 Å². The van der Waals surface area contributed by atoms with E-state index in [0.717, 1.165) is 57.8 Å². The van der Waals surface area contributed by atoms with E-state index in [1.165, 1.54) is 109 Å². The Labute approximate surface area is 324 Å². The van der Waals surface area contributed by atoms with Crippen LogP contribution in [0.5, 0.6) is 0 Å². The molecule has 0 aliphatic heterocycles. The molecule has 0 bridgehead atoms. The Morgan fingerprint density at radius 1 is 0.585 bits per heavy atom. The van der Waals surface area contributed by atoms with Crippen molar-refractivity contribution in [1.29, 1.82) is 0 Å². The lowest BCUT2D eigenvalue weighted by molar-refractivity contribution is -0.147. The van der Waals surface area contributed by atoms with Gasteiger partial charge in [0, 0.05) is 19.4 Å². The average molecular weight is 770 g/mol. The standard InChI is InChI=1S/C43H80NO8P/c1-3-5-7-9-11-13-15-17-18-19-20-21-22-24-26-28-30-32-34-36-43(47)50-39-41(45)40-52-53(48,49)51-38-37-44-42(46)35-33-31-29-27-25-23-16-14-12-10-8-6-4-2/h11,13-14,16-18,41,45H,3-10,12,15,19-40H2,1-2H3,(H,44,46)(H,48,49)/b13-11-,16-14-,18-17-. The monoisotopic (exact) mass is 770 g/mol. The van der Waals surface area contributed by atoms with Crippen LogP contribution in [0.4, 0.5) is 0 Å². The van der Waals surface area contributed by atoms with E-state index in [1.54, 1.807) is 0 Å². The molecule has 0 saturated heterocycles. The SMILES string of the molecule is CCCCC/C=C\C/C=C\CCCCCCCCCCCC(=O)OCC(O)COP(=O)(O)OCCNC(=O)CCCCCCC/C=C\CCCCCC. The topological polar surface area (TPSA) is 131 Å². The molecule has 53 heavy (non-hydrogen) atoms. The molecule has 0 aliphatic carbocycles. The van der Waals surface area contributed by atoms with Gasteiger partial charge in [0.05, 0.1) is 13.2 Å². The minimum Gasteiger partial charge on any atom is -0.463 e. The van der Waals surface area contributed by atoms with Gasteiger partial charge in [-0.15, -0.1) is 0 Å². The first-order valence-electron chi connectivity index (χ1n) is 21.5. The van der Waals surface area contributed by atoms with Crippen LogP contribution in [0.3, 0.4) is 0 Å². The minimum atomic E-state index is -4.42. The molecule has 0 heterocycles. The van der Waals surface area contributed by atoms with Gasteiger partial charge in [-0.2, -0.15) is 0 Å². The van der Waals surface area contributed by atoms with E-state index in [-0.39, 0.29) is 32.1 Å². The number of nitrogens with one attached hydrogen (secondary N) is 1. The number of phosphoric acid groups is 1. The third kappa shape index (κ3) is 41.2. The zero-order valence-corrected chi connectivity index (χ0v) is 34.9. The number of allylic oxidation sites excluding steroid dienone is 6. The first-order chi connectivity index (χ1) is 25.8. The highest BCUT2D eigenvalue weighted by molar-refractivity contribution is 7.47. The second-order valence-corrected chi connectivity index (χ2v) is 15.8. The van der Waals surface area contributed by atoms with Gasteiger partial charge in [-0.3, -0.25) is 18.6 Å². The molecule has 0 spiro atoms. The molecule has 0 aromatic carbocycles. The maximum absolute atomic E-state index is 12.1. The van der Waals surface area contributed by atoms with E-state index in [1.807, 2.05) is 0 Å². The molecular weight excluding hydrogens is 689 g/mol. The summed E-state index contributed by atoms with van der Waals surface area (Å²) in [7, 11) is -4.42. The molecule has 0 aliphatic rings. The van der Waals surface area contributed by atoms with Crippen molar-refractivity contribution >= 4 is 19.7 Å².